The lowest BCUT2D eigenvalue weighted by Gasteiger charge is -2.28. The first-order valence-corrected chi connectivity index (χ1v) is 9.31. The van der Waals surface area contributed by atoms with Crippen molar-refractivity contribution in [3.63, 3.8) is 0 Å². The summed E-state index contributed by atoms with van der Waals surface area (Å²) in [4.78, 5) is 12.7. The van der Waals surface area contributed by atoms with Crippen LogP contribution >= 0.6 is 0 Å². The first-order chi connectivity index (χ1) is 12.1. The van der Waals surface area contributed by atoms with Gasteiger partial charge in [0, 0.05) is 18.9 Å². The Kier molecular flexibility index (Phi) is 10.2. The molecular formula is C20H33NO4. The molecule has 1 rings (SSSR count). The Morgan fingerprint density at radius 3 is 2.36 bits per heavy atom. The third kappa shape index (κ3) is 7.88. The van der Waals surface area contributed by atoms with E-state index in [1.807, 2.05) is 45.0 Å². The Labute approximate surface area is 152 Å². The summed E-state index contributed by atoms with van der Waals surface area (Å²) >= 11 is 0. The molecule has 5 nitrogen and oxygen atoms in total. The molecule has 1 amide bonds. The van der Waals surface area contributed by atoms with Crippen LogP contribution in [-0.2, 0) is 14.3 Å². The SMILES string of the molecule is CCCCC(C)(OCCC)C(=O)Nc1ccc(OCCOCC)cc1. The number of unbranched alkanes of at least 4 members (excludes halogenated alkanes) is 1. The van der Waals surface area contributed by atoms with E-state index in [0.29, 0.717) is 32.8 Å². The zero-order valence-corrected chi connectivity index (χ0v) is 16.1. The van der Waals surface area contributed by atoms with Crippen molar-refractivity contribution >= 4 is 11.6 Å². The van der Waals surface area contributed by atoms with Crippen LogP contribution in [0, 0.1) is 0 Å². The van der Waals surface area contributed by atoms with Gasteiger partial charge in [-0.15, -0.1) is 0 Å². The van der Waals surface area contributed by atoms with Crippen molar-refractivity contribution in [2.45, 2.75) is 59.0 Å². The van der Waals surface area contributed by atoms with Crippen LogP contribution in [0.3, 0.4) is 0 Å². The molecule has 0 aliphatic carbocycles. The number of hydrogen-bond donors (Lipinski definition) is 1. The van der Waals surface area contributed by atoms with E-state index in [2.05, 4.69) is 12.2 Å². The van der Waals surface area contributed by atoms with Crippen LogP contribution in [0.15, 0.2) is 24.3 Å². The summed E-state index contributed by atoms with van der Waals surface area (Å²) in [5, 5.41) is 2.96. The van der Waals surface area contributed by atoms with Gasteiger partial charge in [-0.3, -0.25) is 4.79 Å². The molecule has 1 aromatic rings. The molecule has 0 bridgehead atoms. The van der Waals surface area contributed by atoms with E-state index in [1.54, 1.807) is 0 Å². The number of nitrogens with one attached hydrogen (secondary N) is 1. The summed E-state index contributed by atoms with van der Waals surface area (Å²) in [5.74, 6) is 0.660. The van der Waals surface area contributed by atoms with Crippen molar-refractivity contribution in [1.29, 1.82) is 0 Å². The summed E-state index contributed by atoms with van der Waals surface area (Å²) in [6.07, 6.45) is 3.60. The fourth-order valence-corrected chi connectivity index (χ4v) is 2.35. The Hall–Kier alpha value is -1.59. The fraction of sp³-hybridized carbons (Fsp3) is 0.650. The molecular weight excluding hydrogens is 318 g/mol. The van der Waals surface area contributed by atoms with E-state index >= 15 is 0 Å². The largest absolute Gasteiger partial charge is 0.491 e. The van der Waals surface area contributed by atoms with Crippen molar-refractivity contribution in [1.82, 2.24) is 0 Å². The van der Waals surface area contributed by atoms with Gasteiger partial charge in [-0.2, -0.15) is 0 Å². The van der Waals surface area contributed by atoms with Crippen LogP contribution in [0.2, 0.25) is 0 Å². The van der Waals surface area contributed by atoms with Gasteiger partial charge < -0.3 is 19.5 Å². The maximum atomic E-state index is 12.7. The molecule has 0 aliphatic rings. The molecule has 0 heterocycles. The third-order valence-electron chi connectivity index (χ3n) is 3.93. The van der Waals surface area contributed by atoms with E-state index in [1.165, 1.54) is 0 Å². The molecule has 0 fully saturated rings. The van der Waals surface area contributed by atoms with Gasteiger partial charge in [0.1, 0.15) is 18.0 Å². The Morgan fingerprint density at radius 2 is 1.76 bits per heavy atom. The van der Waals surface area contributed by atoms with Gasteiger partial charge in [-0.1, -0.05) is 26.7 Å². The van der Waals surface area contributed by atoms with Crippen molar-refractivity contribution < 1.29 is 19.0 Å². The highest BCUT2D eigenvalue weighted by Crippen LogP contribution is 2.23. The maximum absolute atomic E-state index is 12.7. The summed E-state index contributed by atoms with van der Waals surface area (Å²) in [6.45, 7) is 10.3. The minimum absolute atomic E-state index is 0.0978. The standard InChI is InChI=1S/C20H33NO4/c1-5-8-13-20(4,25-14-6-2)19(22)21-17-9-11-18(12-10-17)24-16-15-23-7-3/h9-12H,5-8,13-16H2,1-4H3,(H,21,22). The summed E-state index contributed by atoms with van der Waals surface area (Å²) in [6, 6.07) is 7.37. The van der Waals surface area contributed by atoms with Gasteiger partial charge in [-0.25, -0.2) is 0 Å². The molecule has 0 saturated heterocycles. The Bertz CT molecular complexity index is 479. The van der Waals surface area contributed by atoms with Crippen LogP contribution in [-0.4, -0.2) is 37.9 Å². The molecule has 25 heavy (non-hydrogen) atoms. The average Bonchev–Trinajstić information content (AvgIpc) is 2.63. The van der Waals surface area contributed by atoms with Crippen molar-refractivity contribution in [2.24, 2.45) is 0 Å². The van der Waals surface area contributed by atoms with Gasteiger partial charge in [0.15, 0.2) is 0 Å². The van der Waals surface area contributed by atoms with Gasteiger partial charge in [0.05, 0.1) is 6.61 Å². The number of amides is 1. The molecule has 0 aromatic heterocycles. The van der Waals surface area contributed by atoms with E-state index in [4.69, 9.17) is 14.2 Å². The van der Waals surface area contributed by atoms with E-state index in [9.17, 15) is 4.79 Å². The zero-order chi connectivity index (χ0) is 18.5. The lowest BCUT2D eigenvalue weighted by Crippen LogP contribution is -2.43. The molecule has 142 valence electrons. The summed E-state index contributed by atoms with van der Waals surface area (Å²) < 4.78 is 16.7. The van der Waals surface area contributed by atoms with Gasteiger partial charge >= 0.3 is 0 Å². The van der Waals surface area contributed by atoms with Crippen molar-refractivity contribution in [3.8, 4) is 5.75 Å². The number of hydrogen-bond acceptors (Lipinski definition) is 4. The average molecular weight is 351 g/mol. The smallest absolute Gasteiger partial charge is 0.256 e. The first-order valence-electron chi connectivity index (χ1n) is 9.31. The molecule has 0 saturated carbocycles. The lowest BCUT2D eigenvalue weighted by molar-refractivity contribution is -0.140. The molecule has 0 radical (unpaired) electrons. The summed E-state index contributed by atoms with van der Waals surface area (Å²) in [5.41, 5.74) is -0.0523. The zero-order valence-electron chi connectivity index (χ0n) is 16.1. The molecule has 5 heteroatoms. The molecule has 1 N–H and O–H groups in total. The quantitative estimate of drug-likeness (QED) is 0.535. The first kappa shape index (κ1) is 21.5. The highest BCUT2D eigenvalue weighted by molar-refractivity contribution is 5.97. The highest BCUT2D eigenvalue weighted by atomic mass is 16.5. The fourth-order valence-electron chi connectivity index (χ4n) is 2.35. The number of rotatable bonds is 13. The second-order valence-electron chi connectivity index (χ2n) is 6.21. The van der Waals surface area contributed by atoms with Gasteiger partial charge in [-0.05, 0) is 51.0 Å². The molecule has 1 aromatic carbocycles. The normalized spacial score (nSPS) is 13.3. The van der Waals surface area contributed by atoms with Crippen LogP contribution in [0.25, 0.3) is 0 Å². The second-order valence-corrected chi connectivity index (χ2v) is 6.21. The number of ether oxygens (including phenoxy) is 3. The minimum Gasteiger partial charge on any atom is -0.491 e. The number of benzene rings is 1. The van der Waals surface area contributed by atoms with E-state index in [-0.39, 0.29) is 5.91 Å². The molecule has 0 spiro atoms. The maximum Gasteiger partial charge on any atom is 0.256 e. The number of anilines is 1. The number of carbonyl (C=O) groups excluding carboxylic acids is 1. The minimum atomic E-state index is -0.793. The van der Waals surface area contributed by atoms with Crippen LogP contribution in [0.4, 0.5) is 5.69 Å². The Morgan fingerprint density at radius 1 is 1.04 bits per heavy atom. The van der Waals surface area contributed by atoms with Gasteiger partial charge in [0.25, 0.3) is 5.91 Å². The predicted octanol–water partition coefficient (Wildman–Crippen LogP) is 4.42. The van der Waals surface area contributed by atoms with E-state index < -0.39 is 5.60 Å². The topological polar surface area (TPSA) is 56.8 Å². The van der Waals surface area contributed by atoms with Crippen molar-refractivity contribution in [3.05, 3.63) is 24.3 Å². The van der Waals surface area contributed by atoms with Crippen LogP contribution in [0.5, 0.6) is 5.75 Å². The van der Waals surface area contributed by atoms with Gasteiger partial charge in [0.2, 0.25) is 0 Å². The highest BCUT2D eigenvalue weighted by Gasteiger charge is 2.33. The molecule has 1 unspecified atom stereocenters. The molecule has 0 aliphatic heterocycles. The van der Waals surface area contributed by atoms with Crippen LogP contribution in [0.1, 0.15) is 53.4 Å². The predicted molar refractivity (Wildman–Crippen MR) is 101 cm³/mol. The Balaban J connectivity index is 2.60. The monoisotopic (exact) mass is 351 g/mol. The summed E-state index contributed by atoms with van der Waals surface area (Å²) in [7, 11) is 0. The van der Waals surface area contributed by atoms with E-state index in [0.717, 1.165) is 30.7 Å². The third-order valence-corrected chi connectivity index (χ3v) is 3.93. The van der Waals surface area contributed by atoms with Crippen molar-refractivity contribution in [2.75, 3.05) is 31.7 Å². The molecule has 1 atom stereocenters. The number of carbonyl (C=O) groups is 1. The lowest BCUT2D eigenvalue weighted by atomic mass is 9.97. The van der Waals surface area contributed by atoms with Crippen LogP contribution < -0.4 is 10.1 Å². The second kappa shape index (κ2) is 11.9.